The number of carbonyl (C=O) groups excluding carboxylic acids is 1. The first-order chi connectivity index (χ1) is 9.60. The molecule has 0 radical (unpaired) electrons. The molecule has 0 heterocycles. The van der Waals surface area contributed by atoms with Gasteiger partial charge in [-0.3, -0.25) is 4.79 Å². The van der Waals surface area contributed by atoms with Crippen LogP contribution in [0.1, 0.15) is 32.1 Å². The van der Waals surface area contributed by atoms with Gasteiger partial charge >= 0.3 is 0 Å². The number of thiocarbonyl (C=S) groups is 1. The number of hydrogen-bond acceptors (Lipinski definition) is 3. The summed E-state index contributed by atoms with van der Waals surface area (Å²) in [5, 5.41) is 3.03. The van der Waals surface area contributed by atoms with E-state index in [-0.39, 0.29) is 5.91 Å². The highest BCUT2D eigenvalue weighted by Crippen LogP contribution is 2.38. The van der Waals surface area contributed by atoms with Crippen molar-refractivity contribution in [2.24, 2.45) is 11.1 Å². The number of nitrogens with one attached hydrogen (secondary N) is 1. The van der Waals surface area contributed by atoms with E-state index in [9.17, 15) is 4.79 Å². The van der Waals surface area contributed by atoms with E-state index < -0.39 is 5.41 Å². The van der Waals surface area contributed by atoms with Gasteiger partial charge in [-0.05, 0) is 31.2 Å². The van der Waals surface area contributed by atoms with E-state index in [2.05, 4.69) is 5.32 Å². The van der Waals surface area contributed by atoms with Gasteiger partial charge in [-0.25, -0.2) is 0 Å². The number of hydrogen-bond donors (Lipinski definition) is 2. The van der Waals surface area contributed by atoms with Gasteiger partial charge in [0.25, 0.3) is 0 Å². The Labute approximate surface area is 129 Å². The Morgan fingerprint density at radius 1 is 1.30 bits per heavy atom. The number of thioether (sulfide) groups is 1. The van der Waals surface area contributed by atoms with Crippen LogP contribution in [-0.2, 0) is 4.79 Å². The minimum Gasteiger partial charge on any atom is -0.392 e. The van der Waals surface area contributed by atoms with Crippen molar-refractivity contribution in [2.75, 3.05) is 11.6 Å². The number of amides is 1. The fourth-order valence-electron chi connectivity index (χ4n) is 2.73. The van der Waals surface area contributed by atoms with Crippen LogP contribution in [0.15, 0.2) is 29.2 Å². The van der Waals surface area contributed by atoms with Crippen LogP contribution >= 0.6 is 24.0 Å². The summed E-state index contributed by atoms with van der Waals surface area (Å²) < 4.78 is 0. The monoisotopic (exact) mass is 308 g/mol. The number of benzene rings is 1. The molecule has 1 saturated carbocycles. The third kappa shape index (κ3) is 2.99. The van der Waals surface area contributed by atoms with Crippen LogP contribution in [-0.4, -0.2) is 17.2 Å². The molecule has 1 fully saturated rings. The lowest BCUT2D eigenvalue weighted by atomic mass is 9.73. The van der Waals surface area contributed by atoms with Gasteiger partial charge in [-0.15, -0.1) is 11.8 Å². The van der Waals surface area contributed by atoms with Crippen LogP contribution in [0.5, 0.6) is 0 Å². The quantitative estimate of drug-likeness (QED) is 0.659. The molecular weight excluding hydrogens is 288 g/mol. The van der Waals surface area contributed by atoms with Gasteiger partial charge in [0.2, 0.25) is 5.91 Å². The lowest BCUT2D eigenvalue weighted by Crippen LogP contribution is -2.47. The predicted molar refractivity (Wildman–Crippen MR) is 89.2 cm³/mol. The Morgan fingerprint density at radius 3 is 2.55 bits per heavy atom. The molecular formula is C15H20N2OS2. The van der Waals surface area contributed by atoms with Gasteiger partial charge in [0.1, 0.15) is 0 Å². The molecule has 3 N–H and O–H groups in total. The summed E-state index contributed by atoms with van der Waals surface area (Å²) in [5.74, 6) is -0.0498. The first kappa shape index (κ1) is 15.3. The van der Waals surface area contributed by atoms with Crippen LogP contribution in [0, 0.1) is 5.41 Å². The molecule has 1 aromatic rings. The van der Waals surface area contributed by atoms with Gasteiger partial charge in [-0.2, -0.15) is 0 Å². The summed E-state index contributed by atoms with van der Waals surface area (Å²) in [6.45, 7) is 0. The molecule has 0 saturated heterocycles. The maximum Gasteiger partial charge on any atom is 0.237 e. The summed E-state index contributed by atoms with van der Waals surface area (Å²) >= 11 is 6.81. The molecule has 1 aliphatic rings. The molecule has 3 nitrogen and oxygen atoms in total. The topological polar surface area (TPSA) is 55.1 Å². The standard InChI is InChI=1S/C15H20N2OS2/c1-20-12-8-4-3-7-11(12)17-14(18)15(13(16)19)9-5-2-6-10-15/h3-4,7-8H,2,5-6,9-10H2,1H3,(H2,16,19)(H,17,18). The lowest BCUT2D eigenvalue weighted by Gasteiger charge is -2.34. The summed E-state index contributed by atoms with van der Waals surface area (Å²) in [6, 6.07) is 7.80. The zero-order valence-electron chi connectivity index (χ0n) is 11.6. The summed E-state index contributed by atoms with van der Waals surface area (Å²) in [5.41, 5.74) is 6.06. The molecule has 1 aromatic carbocycles. The SMILES string of the molecule is CSc1ccccc1NC(=O)C1(C(N)=S)CCCCC1. The molecule has 2 rings (SSSR count). The van der Waals surface area contributed by atoms with Crippen molar-refractivity contribution < 1.29 is 4.79 Å². The fraction of sp³-hybridized carbons (Fsp3) is 0.467. The molecule has 20 heavy (non-hydrogen) atoms. The molecule has 0 aromatic heterocycles. The second-order valence-electron chi connectivity index (χ2n) is 5.16. The normalized spacial score (nSPS) is 17.4. The Morgan fingerprint density at radius 2 is 1.95 bits per heavy atom. The molecule has 1 aliphatic carbocycles. The molecule has 5 heteroatoms. The average molecular weight is 308 g/mol. The summed E-state index contributed by atoms with van der Waals surface area (Å²) in [6.07, 6.45) is 6.68. The van der Waals surface area contributed by atoms with Crippen LogP contribution in [0.2, 0.25) is 0 Å². The summed E-state index contributed by atoms with van der Waals surface area (Å²) in [7, 11) is 0. The predicted octanol–water partition coefficient (Wildman–Crippen LogP) is 3.58. The van der Waals surface area contributed by atoms with Gasteiger partial charge in [-0.1, -0.05) is 43.6 Å². The fourth-order valence-corrected chi connectivity index (χ4v) is 3.58. The first-order valence-electron chi connectivity index (χ1n) is 6.84. The van der Waals surface area contributed by atoms with Crippen molar-refractivity contribution in [3.8, 4) is 0 Å². The Kier molecular flexibility index (Phi) is 5.05. The maximum atomic E-state index is 12.7. The van der Waals surface area contributed by atoms with E-state index in [4.69, 9.17) is 18.0 Å². The zero-order valence-corrected chi connectivity index (χ0v) is 13.3. The van der Waals surface area contributed by atoms with Crippen molar-refractivity contribution in [1.82, 2.24) is 0 Å². The lowest BCUT2D eigenvalue weighted by molar-refractivity contribution is -0.123. The molecule has 0 atom stereocenters. The third-order valence-corrected chi connectivity index (χ3v) is 5.16. The van der Waals surface area contributed by atoms with Gasteiger partial charge in [0.15, 0.2) is 0 Å². The second-order valence-corrected chi connectivity index (χ2v) is 6.45. The van der Waals surface area contributed by atoms with Crippen molar-refractivity contribution >= 4 is 40.6 Å². The Hall–Kier alpha value is -1.07. The highest BCUT2D eigenvalue weighted by atomic mass is 32.2. The molecule has 108 valence electrons. The summed E-state index contributed by atoms with van der Waals surface area (Å²) in [4.78, 5) is 14.1. The maximum absolute atomic E-state index is 12.7. The van der Waals surface area contributed by atoms with Crippen molar-refractivity contribution in [1.29, 1.82) is 0 Å². The smallest absolute Gasteiger partial charge is 0.237 e. The molecule has 1 amide bonds. The average Bonchev–Trinajstić information content (AvgIpc) is 2.48. The van der Waals surface area contributed by atoms with Crippen molar-refractivity contribution in [3.05, 3.63) is 24.3 Å². The highest BCUT2D eigenvalue weighted by Gasteiger charge is 2.42. The van der Waals surface area contributed by atoms with E-state index in [1.54, 1.807) is 11.8 Å². The largest absolute Gasteiger partial charge is 0.392 e. The van der Waals surface area contributed by atoms with Gasteiger partial charge in [0, 0.05) is 4.90 Å². The van der Waals surface area contributed by atoms with Crippen LogP contribution < -0.4 is 11.1 Å². The molecule has 0 unspecified atom stereocenters. The van der Waals surface area contributed by atoms with Crippen molar-refractivity contribution in [2.45, 2.75) is 37.0 Å². The van der Waals surface area contributed by atoms with Crippen LogP contribution in [0.3, 0.4) is 0 Å². The van der Waals surface area contributed by atoms with E-state index in [1.165, 1.54) is 0 Å². The number of para-hydroxylation sites is 1. The zero-order chi connectivity index (χ0) is 14.6. The van der Waals surface area contributed by atoms with Crippen LogP contribution in [0.25, 0.3) is 0 Å². The van der Waals surface area contributed by atoms with Crippen LogP contribution in [0.4, 0.5) is 5.69 Å². The minimum absolute atomic E-state index is 0.0498. The van der Waals surface area contributed by atoms with Crippen molar-refractivity contribution in [3.63, 3.8) is 0 Å². The number of rotatable bonds is 4. The van der Waals surface area contributed by atoms with E-state index in [0.717, 1.165) is 42.7 Å². The highest BCUT2D eigenvalue weighted by molar-refractivity contribution is 7.98. The molecule has 0 spiro atoms. The second kappa shape index (κ2) is 6.59. The van der Waals surface area contributed by atoms with E-state index in [1.807, 2.05) is 30.5 Å². The minimum atomic E-state index is -0.668. The Balaban J connectivity index is 2.23. The number of anilines is 1. The number of carbonyl (C=O) groups is 1. The molecule has 0 bridgehead atoms. The number of nitrogens with two attached hydrogens (primary N) is 1. The first-order valence-corrected chi connectivity index (χ1v) is 8.48. The van der Waals surface area contributed by atoms with E-state index in [0.29, 0.717) is 4.99 Å². The third-order valence-electron chi connectivity index (χ3n) is 3.97. The Bertz CT molecular complexity index is 510. The van der Waals surface area contributed by atoms with Gasteiger partial charge < -0.3 is 11.1 Å². The van der Waals surface area contributed by atoms with Gasteiger partial charge in [0.05, 0.1) is 16.1 Å². The molecule has 0 aliphatic heterocycles. The van der Waals surface area contributed by atoms with E-state index >= 15 is 0 Å².